The number of hydrogen-bond acceptors (Lipinski definition) is 2. The van der Waals surface area contributed by atoms with Crippen molar-refractivity contribution in [1.82, 2.24) is 4.90 Å². The van der Waals surface area contributed by atoms with Crippen LogP contribution in [-0.4, -0.2) is 34.9 Å². The third kappa shape index (κ3) is 3.26. The predicted molar refractivity (Wildman–Crippen MR) is 79.7 cm³/mol. The van der Waals surface area contributed by atoms with Crippen LogP contribution in [0.15, 0.2) is 27.1 Å². The van der Waals surface area contributed by atoms with Gasteiger partial charge in [-0.15, -0.1) is 0 Å². The van der Waals surface area contributed by atoms with E-state index in [0.717, 1.165) is 33.4 Å². The fourth-order valence-corrected chi connectivity index (χ4v) is 3.63. The van der Waals surface area contributed by atoms with Crippen LogP contribution in [0.2, 0.25) is 0 Å². The van der Waals surface area contributed by atoms with Gasteiger partial charge < -0.3 is 4.90 Å². The van der Waals surface area contributed by atoms with Crippen LogP contribution in [0.4, 0.5) is 0 Å². The second-order valence-corrected chi connectivity index (χ2v) is 7.37. The minimum Gasteiger partial charge on any atom is -0.337 e. The van der Waals surface area contributed by atoms with Gasteiger partial charge in [0.25, 0.3) is 5.91 Å². The first kappa shape index (κ1) is 13.4. The number of amides is 1. The summed E-state index contributed by atoms with van der Waals surface area (Å²) >= 11 is 8.77. The maximum atomic E-state index is 12.4. The summed E-state index contributed by atoms with van der Waals surface area (Å²) in [4.78, 5) is 14.3. The number of thioether (sulfide) groups is 1. The quantitative estimate of drug-likeness (QED) is 0.740. The third-order valence-electron chi connectivity index (χ3n) is 2.69. The van der Waals surface area contributed by atoms with E-state index in [-0.39, 0.29) is 5.91 Å². The molecule has 1 saturated heterocycles. The van der Waals surface area contributed by atoms with Crippen LogP contribution in [0.25, 0.3) is 0 Å². The molecule has 1 amide bonds. The molecule has 17 heavy (non-hydrogen) atoms. The Hall–Kier alpha value is -0.000000000000000111. The van der Waals surface area contributed by atoms with Crippen LogP contribution in [0.1, 0.15) is 17.3 Å². The fraction of sp³-hybridized carbons (Fsp3) is 0.417. The van der Waals surface area contributed by atoms with Crippen molar-refractivity contribution in [3.63, 3.8) is 0 Å². The highest BCUT2D eigenvalue weighted by molar-refractivity contribution is 9.11. The second-order valence-electron chi connectivity index (χ2n) is 4.06. The second kappa shape index (κ2) is 5.76. The van der Waals surface area contributed by atoms with Crippen LogP contribution in [0.5, 0.6) is 0 Å². The molecule has 1 heterocycles. The summed E-state index contributed by atoms with van der Waals surface area (Å²) in [5, 5.41) is 0.527. The zero-order chi connectivity index (χ0) is 12.4. The van der Waals surface area contributed by atoms with Crippen molar-refractivity contribution < 1.29 is 4.79 Å². The van der Waals surface area contributed by atoms with Crippen molar-refractivity contribution in [1.29, 1.82) is 0 Å². The van der Waals surface area contributed by atoms with Gasteiger partial charge in [-0.25, -0.2) is 0 Å². The largest absolute Gasteiger partial charge is 0.337 e. The molecule has 1 aliphatic heterocycles. The molecular formula is C12H13Br2NOS. The Kier molecular flexibility index (Phi) is 4.55. The highest BCUT2D eigenvalue weighted by atomic mass is 79.9. The molecule has 0 N–H and O–H groups in total. The SMILES string of the molecule is CC1CN(C(=O)c2cc(Br)ccc2Br)CCS1. The summed E-state index contributed by atoms with van der Waals surface area (Å²) in [6, 6.07) is 5.70. The van der Waals surface area contributed by atoms with Crippen LogP contribution < -0.4 is 0 Å². The Balaban J connectivity index is 2.21. The molecule has 92 valence electrons. The number of carbonyl (C=O) groups is 1. The van der Waals surface area contributed by atoms with E-state index in [1.54, 1.807) is 0 Å². The molecule has 2 nitrogen and oxygen atoms in total. The summed E-state index contributed by atoms with van der Waals surface area (Å²) < 4.78 is 1.79. The normalized spacial score (nSPS) is 20.4. The summed E-state index contributed by atoms with van der Waals surface area (Å²) in [7, 11) is 0. The Morgan fingerprint density at radius 2 is 2.24 bits per heavy atom. The molecule has 1 fully saturated rings. The molecule has 0 radical (unpaired) electrons. The monoisotopic (exact) mass is 377 g/mol. The highest BCUT2D eigenvalue weighted by Gasteiger charge is 2.23. The van der Waals surface area contributed by atoms with Crippen molar-refractivity contribution >= 4 is 49.5 Å². The van der Waals surface area contributed by atoms with E-state index in [0.29, 0.717) is 5.25 Å². The number of nitrogens with zero attached hydrogens (tertiary/aromatic N) is 1. The molecular weight excluding hydrogens is 366 g/mol. The first-order valence-corrected chi connectivity index (χ1v) is 8.07. The molecule has 0 aromatic heterocycles. The first-order valence-electron chi connectivity index (χ1n) is 5.44. The molecule has 0 aliphatic carbocycles. The minimum absolute atomic E-state index is 0.116. The topological polar surface area (TPSA) is 20.3 Å². The average molecular weight is 379 g/mol. The van der Waals surface area contributed by atoms with Gasteiger partial charge in [-0.1, -0.05) is 22.9 Å². The highest BCUT2D eigenvalue weighted by Crippen LogP contribution is 2.25. The van der Waals surface area contributed by atoms with E-state index in [1.165, 1.54) is 0 Å². The predicted octanol–water partition coefficient (Wildman–Crippen LogP) is 3.79. The van der Waals surface area contributed by atoms with Crippen LogP contribution in [0.3, 0.4) is 0 Å². The van der Waals surface area contributed by atoms with Gasteiger partial charge in [-0.2, -0.15) is 11.8 Å². The molecule has 1 unspecified atom stereocenters. The molecule has 1 aromatic carbocycles. The number of halogens is 2. The van der Waals surface area contributed by atoms with E-state index >= 15 is 0 Å². The smallest absolute Gasteiger partial charge is 0.255 e. The van der Waals surface area contributed by atoms with Crippen LogP contribution in [0, 0.1) is 0 Å². The number of benzene rings is 1. The lowest BCUT2D eigenvalue weighted by molar-refractivity contribution is 0.0762. The molecule has 1 aromatic rings. The van der Waals surface area contributed by atoms with Gasteiger partial charge in [-0.05, 0) is 34.1 Å². The van der Waals surface area contributed by atoms with Gasteiger partial charge in [0, 0.05) is 33.0 Å². The number of hydrogen-bond donors (Lipinski definition) is 0. The lowest BCUT2D eigenvalue weighted by Crippen LogP contribution is -2.41. The van der Waals surface area contributed by atoms with Gasteiger partial charge in [0.1, 0.15) is 0 Å². The molecule has 0 bridgehead atoms. The van der Waals surface area contributed by atoms with Gasteiger partial charge >= 0.3 is 0 Å². The maximum Gasteiger partial charge on any atom is 0.255 e. The summed E-state index contributed by atoms with van der Waals surface area (Å²) in [6.45, 7) is 3.84. The van der Waals surface area contributed by atoms with Gasteiger partial charge in [0.05, 0.1) is 5.56 Å². The fourth-order valence-electron chi connectivity index (χ4n) is 1.83. The van der Waals surface area contributed by atoms with E-state index in [2.05, 4.69) is 38.8 Å². The lowest BCUT2D eigenvalue weighted by Gasteiger charge is -2.30. The molecule has 5 heteroatoms. The zero-order valence-corrected chi connectivity index (χ0v) is 13.4. The Bertz CT molecular complexity index is 439. The number of carbonyl (C=O) groups excluding carboxylic acids is 1. The van der Waals surface area contributed by atoms with Gasteiger partial charge in [0.15, 0.2) is 0 Å². The van der Waals surface area contributed by atoms with Crippen molar-refractivity contribution in [3.05, 3.63) is 32.7 Å². The standard InChI is InChI=1S/C12H13Br2NOS/c1-8-7-15(4-5-17-8)12(16)10-6-9(13)2-3-11(10)14/h2-3,6,8H,4-5,7H2,1H3. The summed E-state index contributed by atoms with van der Waals surface area (Å²) in [5.41, 5.74) is 0.735. The Morgan fingerprint density at radius 3 is 2.94 bits per heavy atom. The van der Waals surface area contributed by atoms with Gasteiger partial charge in [0.2, 0.25) is 0 Å². The molecule has 1 atom stereocenters. The van der Waals surface area contributed by atoms with Crippen molar-refractivity contribution in [2.45, 2.75) is 12.2 Å². The zero-order valence-electron chi connectivity index (χ0n) is 9.45. The molecule has 1 aliphatic rings. The van der Waals surface area contributed by atoms with Crippen LogP contribution >= 0.6 is 43.6 Å². The Labute approximate surface area is 122 Å². The van der Waals surface area contributed by atoms with Gasteiger partial charge in [-0.3, -0.25) is 4.79 Å². The average Bonchev–Trinajstić information content (AvgIpc) is 2.31. The summed E-state index contributed by atoms with van der Waals surface area (Å²) in [6.07, 6.45) is 0. The molecule has 0 saturated carbocycles. The van der Waals surface area contributed by atoms with Crippen molar-refractivity contribution in [2.24, 2.45) is 0 Å². The first-order chi connectivity index (χ1) is 8.08. The van der Waals surface area contributed by atoms with Crippen molar-refractivity contribution in [2.75, 3.05) is 18.8 Å². The number of rotatable bonds is 1. The van der Waals surface area contributed by atoms with E-state index in [1.807, 2.05) is 34.9 Å². The van der Waals surface area contributed by atoms with E-state index in [4.69, 9.17) is 0 Å². The minimum atomic E-state index is 0.116. The molecule has 0 spiro atoms. The third-order valence-corrected chi connectivity index (χ3v) is 5.01. The molecule has 2 rings (SSSR count). The maximum absolute atomic E-state index is 12.4. The van der Waals surface area contributed by atoms with E-state index < -0.39 is 0 Å². The lowest BCUT2D eigenvalue weighted by atomic mass is 10.2. The summed E-state index contributed by atoms with van der Waals surface area (Å²) in [5.74, 6) is 1.14. The van der Waals surface area contributed by atoms with E-state index in [9.17, 15) is 4.79 Å². The van der Waals surface area contributed by atoms with Crippen molar-refractivity contribution in [3.8, 4) is 0 Å². The Morgan fingerprint density at radius 1 is 1.47 bits per heavy atom. The van der Waals surface area contributed by atoms with Crippen LogP contribution in [-0.2, 0) is 0 Å².